The van der Waals surface area contributed by atoms with Crippen LogP contribution in [0.25, 0.3) is 0 Å². The summed E-state index contributed by atoms with van der Waals surface area (Å²) >= 11 is 0. The maximum atomic E-state index is 12.1. The molecule has 1 aromatic rings. The highest BCUT2D eigenvalue weighted by Crippen LogP contribution is 2.18. The van der Waals surface area contributed by atoms with Crippen molar-refractivity contribution in [3.8, 4) is 0 Å². The zero-order valence-electron chi connectivity index (χ0n) is 12.4. The average Bonchev–Trinajstić information content (AvgIpc) is 3.05. The van der Waals surface area contributed by atoms with E-state index in [9.17, 15) is 8.42 Å². The van der Waals surface area contributed by atoms with Gasteiger partial charge in [0, 0.05) is 25.6 Å². The molecule has 7 heteroatoms. The minimum Gasteiger partial charge on any atom is -0.332 e. The number of hydrogen-bond donors (Lipinski definition) is 2. The Morgan fingerprint density at radius 2 is 2.30 bits per heavy atom. The first-order chi connectivity index (χ1) is 9.42. The third kappa shape index (κ3) is 3.59. The van der Waals surface area contributed by atoms with Crippen LogP contribution >= 0.6 is 0 Å². The molecule has 1 aliphatic heterocycles. The van der Waals surface area contributed by atoms with E-state index in [1.807, 2.05) is 6.92 Å². The molecule has 2 rings (SSSR count). The molecule has 6 nitrogen and oxygen atoms in total. The van der Waals surface area contributed by atoms with Gasteiger partial charge in [-0.15, -0.1) is 0 Å². The van der Waals surface area contributed by atoms with Crippen molar-refractivity contribution in [2.45, 2.75) is 44.7 Å². The minimum atomic E-state index is -3.46. The Morgan fingerprint density at radius 3 is 2.85 bits per heavy atom. The zero-order chi connectivity index (χ0) is 14.8. The Labute approximate surface area is 121 Å². The van der Waals surface area contributed by atoms with Crippen molar-refractivity contribution in [2.24, 2.45) is 5.92 Å². The van der Waals surface area contributed by atoms with Gasteiger partial charge in [0.25, 0.3) is 10.0 Å². The molecule has 0 bridgehead atoms. The highest BCUT2D eigenvalue weighted by Gasteiger charge is 2.26. The molecule has 1 aliphatic rings. The molecule has 2 heterocycles. The Hall–Kier alpha value is -0.920. The molecule has 1 unspecified atom stereocenters. The summed E-state index contributed by atoms with van der Waals surface area (Å²) in [6.07, 6.45) is 3.13. The van der Waals surface area contributed by atoms with Gasteiger partial charge in [0.05, 0.1) is 6.20 Å². The maximum Gasteiger partial charge on any atom is 0.257 e. The lowest BCUT2D eigenvalue weighted by Gasteiger charge is -2.20. The first-order valence-electron chi connectivity index (χ1n) is 7.20. The van der Waals surface area contributed by atoms with Crippen molar-refractivity contribution in [1.29, 1.82) is 0 Å². The van der Waals surface area contributed by atoms with Crippen molar-refractivity contribution >= 4 is 10.0 Å². The molecule has 20 heavy (non-hydrogen) atoms. The molecule has 1 saturated heterocycles. The molecule has 0 spiro atoms. The number of rotatable bonds is 6. The van der Waals surface area contributed by atoms with Crippen molar-refractivity contribution in [2.75, 3.05) is 19.6 Å². The van der Waals surface area contributed by atoms with Gasteiger partial charge in [-0.2, -0.15) is 0 Å². The minimum absolute atomic E-state index is 0.160. The maximum absolute atomic E-state index is 12.1. The number of nitrogens with zero attached hydrogens (tertiary/aromatic N) is 2. The summed E-state index contributed by atoms with van der Waals surface area (Å²) in [5.74, 6) is 1.08. The van der Waals surface area contributed by atoms with Crippen LogP contribution in [0, 0.1) is 5.92 Å². The second-order valence-corrected chi connectivity index (χ2v) is 7.38. The first-order valence-corrected chi connectivity index (χ1v) is 8.68. The van der Waals surface area contributed by atoms with Crippen LogP contribution in [0.1, 0.15) is 33.0 Å². The van der Waals surface area contributed by atoms with Crippen molar-refractivity contribution in [3.05, 3.63) is 12.0 Å². The molecular formula is C13H24N4O2S. The van der Waals surface area contributed by atoms with Gasteiger partial charge in [0.15, 0.2) is 5.03 Å². The number of likely N-dealkylation sites (tertiary alicyclic amines) is 1. The van der Waals surface area contributed by atoms with Gasteiger partial charge in [-0.1, -0.05) is 6.92 Å². The van der Waals surface area contributed by atoms with Crippen LogP contribution in [-0.4, -0.2) is 49.0 Å². The number of imidazole rings is 1. The van der Waals surface area contributed by atoms with E-state index in [0.717, 1.165) is 19.5 Å². The van der Waals surface area contributed by atoms with E-state index in [-0.39, 0.29) is 5.03 Å². The number of aromatic amines is 1. The fourth-order valence-corrected chi connectivity index (χ4v) is 3.52. The lowest BCUT2D eigenvalue weighted by molar-refractivity contribution is 0.265. The fourth-order valence-electron chi connectivity index (χ4n) is 2.46. The summed E-state index contributed by atoms with van der Waals surface area (Å²) in [6, 6.07) is 0.524. The highest BCUT2D eigenvalue weighted by molar-refractivity contribution is 7.89. The Bertz CT molecular complexity index is 538. The van der Waals surface area contributed by atoms with E-state index in [1.54, 1.807) is 0 Å². The van der Waals surface area contributed by atoms with E-state index < -0.39 is 10.0 Å². The average molecular weight is 300 g/mol. The summed E-state index contributed by atoms with van der Waals surface area (Å²) in [4.78, 5) is 9.25. The molecule has 2 N–H and O–H groups in total. The molecule has 0 saturated carbocycles. The first kappa shape index (κ1) is 15.5. The Balaban J connectivity index is 1.90. The molecule has 1 aromatic heterocycles. The fraction of sp³-hybridized carbons (Fsp3) is 0.769. The highest BCUT2D eigenvalue weighted by atomic mass is 32.2. The summed E-state index contributed by atoms with van der Waals surface area (Å²) < 4.78 is 27.0. The topological polar surface area (TPSA) is 78.1 Å². The van der Waals surface area contributed by atoms with E-state index in [2.05, 4.69) is 33.4 Å². The van der Waals surface area contributed by atoms with Crippen LogP contribution in [0.15, 0.2) is 11.2 Å². The van der Waals surface area contributed by atoms with Gasteiger partial charge in [0.1, 0.15) is 5.82 Å². The number of nitrogens with one attached hydrogen (secondary N) is 2. The molecule has 0 aromatic carbocycles. The van der Waals surface area contributed by atoms with Crippen LogP contribution in [0.4, 0.5) is 0 Å². The van der Waals surface area contributed by atoms with Crippen molar-refractivity contribution < 1.29 is 8.42 Å². The van der Waals surface area contributed by atoms with E-state index in [1.165, 1.54) is 6.20 Å². The van der Waals surface area contributed by atoms with Gasteiger partial charge < -0.3 is 9.88 Å². The number of sulfonamides is 1. The lowest BCUT2D eigenvalue weighted by Crippen LogP contribution is -2.33. The summed E-state index contributed by atoms with van der Waals surface area (Å²) in [6.45, 7) is 8.78. The smallest absolute Gasteiger partial charge is 0.257 e. The molecule has 0 aliphatic carbocycles. The molecule has 0 radical (unpaired) electrons. The lowest BCUT2D eigenvalue weighted by atomic mass is 10.1. The quantitative estimate of drug-likeness (QED) is 0.821. The summed E-state index contributed by atoms with van der Waals surface area (Å²) in [7, 11) is -3.46. The standard InChI is InChI=1S/C13H24N4O2S/c1-4-12-14-8-13(16-12)20(18,19)15-7-11-5-6-17(9-11)10(2)3/h8,10-11,15H,4-7,9H2,1-3H3,(H,14,16). The second kappa shape index (κ2) is 6.24. The molecule has 1 fully saturated rings. The predicted molar refractivity (Wildman–Crippen MR) is 78.0 cm³/mol. The van der Waals surface area contributed by atoms with Crippen LogP contribution < -0.4 is 4.72 Å². The number of aryl methyl sites for hydroxylation is 1. The molecule has 0 amide bonds. The number of hydrogen-bond acceptors (Lipinski definition) is 4. The second-order valence-electron chi connectivity index (χ2n) is 5.64. The Morgan fingerprint density at radius 1 is 1.55 bits per heavy atom. The molecule has 1 atom stereocenters. The van der Waals surface area contributed by atoms with Crippen molar-refractivity contribution in [3.63, 3.8) is 0 Å². The zero-order valence-corrected chi connectivity index (χ0v) is 13.2. The van der Waals surface area contributed by atoms with Gasteiger partial charge in [-0.3, -0.25) is 0 Å². The summed E-state index contributed by atoms with van der Waals surface area (Å²) in [5.41, 5.74) is 0. The van der Waals surface area contributed by atoms with Crippen LogP contribution in [0.5, 0.6) is 0 Å². The number of H-pyrrole nitrogens is 1. The monoisotopic (exact) mass is 300 g/mol. The van der Waals surface area contributed by atoms with Gasteiger partial charge in [-0.05, 0) is 32.7 Å². The van der Waals surface area contributed by atoms with Crippen molar-refractivity contribution in [1.82, 2.24) is 19.6 Å². The predicted octanol–water partition coefficient (Wildman–Crippen LogP) is 0.981. The SMILES string of the molecule is CCc1ncc(S(=O)(=O)NCC2CCN(C(C)C)C2)[nH]1. The normalized spacial score (nSPS) is 20.9. The van der Waals surface area contributed by atoms with Crippen LogP contribution in [0.2, 0.25) is 0 Å². The van der Waals surface area contributed by atoms with E-state index in [0.29, 0.717) is 30.7 Å². The Kier molecular flexibility index (Phi) is 4.82. The molecular weight excluding hydrogens is 276 g/mol. The van der Waals surface area contributed by atoms with Gasteiger partial charge >= 0.3 is 0 Å². The largest absolute Gasteiger partial charge is 0.332 e. The van der Waals surface area contributed by atoms with E-state index >= 15 is 0 Å². The van der Waals surface area contributed by atoms with Gasteiger partial charge in [0.2, 0.25) is 0 Å². The molecule has 114 valence electrons. The third-order valence-corrected chi connectivity index (χ3v) is 5.17. The summed E-state index contributed by atoms with van der Waals surface area (Å²) in [5, 5.41) is 0.160. The van der Waals surface area contributed by atoms with Gasteiger partial charge in [-0.25, -0.2) is 18.1 Å². The number of aromatic nitrogens is 2. The van der Waals surface area contributed by atoms with E-state index in [4.69, 9.17) is 0 Å². The van der Waals surface area contributed by atoms with Crippen LogP contribution in [0.3, 0.4) is 0 Å². The third-order valence-electron chi connectivity index (χ3n) is 3.84. The van der Waals surface area contributed by atoms with Crippen LogP contribution in [-0.2, 0) is 16.4 Å².